The monoisotopic (exact) mass is 328 g/mol. The molecular weight excluding hydrogens is 300 g/mol. The molecule has 1 amide bonds. The molecule has 2 N–H and O–H groups in total. The second-order valence-electron chi connectivity index (χ2n) is 6.13. The highest BCUT2D eigenvalue weighted by Crippen LogP contribution is 2.20. The second kappa shape index (κ2) is 8.64. The number of aryl methyl sites for hydroxylation is 2. The number of amides is 1. The van der Waals surface area contributed by atoms with Gasteiger partial charge in [-0.2, -0.15) is 5.10 Å². The van der Waals surface area contributed by atoms with Gasteiger partial charge < -0.3 is 10.6 Å². The Hall–Kier alpha value is -2.14. The smallest absolute Gasteiger partial charge is 0.269 e. The first-order valence-electron chi connectivity index (χ1n) is 8.61. The molecule has 0 saturated heterocycles. The Morgan fingerprint density at radius 2 is 2.00 bits per heavy atom. The minimum atomic E-state index is -0.0559. The quantitative estimate of drug-likeness (QED) is 0.783. The maximum atomic E-state index is 12.4. The maximum Gasteiger partial charge on any atom is 0.269 e. The van der Waals surface area contributed by atoms with Gasteiger partial charge >= 0.3 is 0 Å². The first kappa shape index (κ1) is 18.2. The lowest BCUT2D eigenvalue weighted by Gasteiger charge is -2.24. The fourth-order valence-corrected chi connectivity index (χ4v) is 3.03. The Kier molecular flexibility index (Phi) is 6.55. The van der Waals surface area contributed by atoms with Gasteiger partial charge in [-0.15, -0.1) is 0 Å². The second-order valence-corrected chi connectivity index (χ2v) is 6.13. The molecule has 0 aliphatic carbocycles. The summed E-state index contributed by atoms with van der Waals surface area (Å²) in [7, 11) is 1.97. The van der Waals surface area contributed by atoms with Gasteiger partial charge in [0.25, 0.3) is 5.91 Å². The van der Waals surface area contributed by atoms with Crippen molar-refractivity contribution in [2.24, 2.45) is 0 Å². The standard InChI is InChI=1S/C19H28N4O/c1-5-23-18(13-14(2)22-23)19(24)21-12-11-17(20-4)15(3)16-9-7-6-8-10-16/h6-10,13,15,17,20H,5,11-12H2,1-4H3,(H,21,24). The van der Waals surface area contributed by atoms with Crippen LogP contribution in [0.3, 0.4) is 0 Å². The number of benzene rings is 1. The molecule has 2 atom stereocenters. The van der Waals surface area contributed by atoms with Gasteiger partial charge in [0.2, 0.25) is 0 Å². The van der Waals surface area contributed by atoms with E-state index in [1.54, 1.807) is 4.68 Å². The Balaban J connectivity index is 1.90. The normalized spacial score (nSPS) is 13.5. The fourth-order valence-electron chi connectivity index (χ4n) is 3.03. The van der Waals surface area contributed by atoms with Crippen LogP contribution in [0, 0.1) is 6.92 Å². The number of aromatic nitrogens is 2. The minimum Gasteiger partial charge on any atom is -0.351 e. The Bertz CT molecular complexity index is 651. The third kappa shape index (κ3) is 4.45. The number of carbonyl (C=O) groups excluding carboxylic acids is 1. The van der Waals surface area contributed by atoms with E-state index in [9.17, 15) is 4.79 Å². The molecule has 0 radical (unpaired) electrons. The van der Waals surface area contributed by atoms with Crippen molar-refractivity contribution in [3.63, 3.8) is 0 Å². The summed E-state index contributed by atoms with van der Waals surface area (Å²) in [6, 6.07) is 12.6. The highest BCUT2D eigenvalue weighted by molar-refractivity contribution is 5.92. The summed E-state index contributed by atoms with van der Waals surface area (Å²) in [5.74, 6) is 0.330. The Morgan fingerprint density at radius 1 is 1.29 bits per heavy atom. The van der Waals surface area contributed by atoms with Gasteiger partial charge in [-0.05, 0) is 44.9 Å². The third-order valence-corrected chi connectivity index (χ3v) is 4.47. The van der Waals surface area contributed by atoms with E-state index in [0.29, 0.717) is 30.7 Å². The summed E-state index contributed by atoms with van der Waals surface area (Å²) in [6.45, 7) is 7.44. The molecule has 1 heterocycles. The average Bonchev–Trinajstić information content (AvgIpc) is 3.00. The van der Waals surface area contributed by atoms with Crippen LogP contribution >= 0.6 is 0 Å². The summed E-state index contributed by atoms with van der Waals surface area (Å²) in [5, 5.41) is 10.7. The van der Waals surface area contributed by atoms with E-state index in [0.717, 1.165) is 12.1 Å². The van der Waals surface area contributed by atoms with E-state index < -0.39 is 0 Å². The molecule has 5 nitrogen and oxygen atoms in total. The number of nitrogens with zero attached hydrogens (tertiary/aromatic N) is 2. The third-order valence-electron chi connectivity index (χ3n) is 4.47. The van der Waals surface area contributed by atoms with Crippen LogP contribution in [0.4, 0.5) is 0 Å². The number of rotatable bonds is 8. The molecule has 1 aromatic heterocycles. The van der Waals surface area contributed by atoms with Crippen molar-refractivity contribution in [3.8, 4) is 0 Å². The van der Waals surface area contributed by atoms with Crippen LogP contribution in [-0.2, 0) is 6.54 Å². The topological polar surface area (TPSA) is 59.0 Å². The van der Waals surface area contributed by atoms with E-state index in [1.165, 1.54) is 5.56 Å². The van der Waals surface area contributed by atoms with Gasteiger partial charge in [0.15, 0.2) is 0 Å². The molecule has 130 valence electrons. The zero-order valence-electron chi connectivity index (χ0n) is 15.0. The van der Waals surface area contributed by atoms with Crippen molar-refractivity contribution in [1.82, 2.24) is 20.4 Å². The Morgan fingerprint density at radius 3 is 2.62 bits per heavy atom. The maximum absolute atomic E-state index is 12.4. The van der Waals surface area contributed by atoms with Gasteiger partial charge in [0, 0.05) is 19.1 Å². The highest BCUT2D eigenvalue weighted by atomic mass is 16.2. The average molecular weight is 328 g/mol. The van der Waals surface area contributed by atoms with Crippen molar-refractivity contribution >= 4 is 5.91 Å². The van der Waals surface area contributed by atoms with Crippen molar-refractivity contribution in [3.05, 3.63) is 53.3 Å². The zero-order valence-corrected chi connectivity index (χ0v) is 15.0. The molecule has 5 heteroatoms. The Labute approximate surface area is 144 Å². The largest absolute Gasteiger partial charge is 0.351 e. The number of likely N-dealkylation sites (N-methyl/N-ethyl adjacent to an activating group) is 1. The van der Waals surface area contributed by atoms with E-state index in [4.69, 9.17) is 0 Å². The van der Waals surface area contributed by atoms with Crippen LogP contribution in [-0.4, -0.2) is 35.3 Å². The number of nitrogens with one attached hydrogen (secondary N) is 2. The number of hydrogen-bond acceptors (Lipinski definition) is 3. The van der Waals surface area contributed by atoms with Crippen molar-refractivity contribution < 1.29 is 4.79 Å². The van der Waals surface area contributed by atoms with E-state index in [1.807, 2.05) is 33.0 Å². The predicted molar refractivity (Wildman–Crippen MR) is 97.3 cm³/mol. The van der Waals surface area contributed by atoms with Crippen molar-refractivity contribution in [1.29, 1.82) is 0 Å². The zero-order chi connectivity index (χ0) is 17.5. The van der Waals surface area contributed by atoms with Crippen LogP contribution < -0.4 is 10.6 Å². The van der Waals surface area contributed by atoms with E-state index in [2.05, 4.69) is 46.9 Å². The molecule has 2 unspecified atom stereocenters. The molecule has 0 fully saturated rings. The predicted octanol–water partition coefficient (Wildman–Crippen LogP) is 2.72. The van der Waals surface area contributed by atoms with Crippen LogP contribution in [0.5, 0.6) is 0 Å². The first-order chi connectivity index (χ1) is 11.6. The van der Waals surface area contributed by atoms with Crippen LogP contribution in [0.25, 0.3) is 0 Å². The van der Waals surface area contributed by atoms with Gasteiger partial charge in [0.1, 0.15) is 5.69 Å². The summed E-state index contributed by atoms with van der Waals surface area (Å²) < 4.78 is 1.74. The lowest BCUT2D eigenvalue weighted by molar-refractivity contribution is 0.0941. The molecule has 0 aliphatic heterocycles. The van der Waals surface area contributed by atoms with Gasteiger partial charge in [-0.1, -0.05) is 37.3 Å². The van der Waals surface area contributed by atoms with Crippen molar-refractivity contribution in [2.45, 2.75) is 45.7 Å². The number of carbonyl (C=O) groups is 1. The van der Waals surface area contributed by atoms with Gasteiger partial charge in [0.05, 0.1) is 5.69 Å². The molecule has 1 aromatic carbocycles. The molecule has 0 saturated carbocycles. The SMILES string of the molecule is CCn1nc(C)cc1C(=O)NCCC(NC)C(C)c1ccccc1. The lowest BCUT2D eigenvalue weighted by Crippen LogP contribution is -2.36. The molecule has 0 bridgehead atoms. The minimum absolute atomic E-state index is 0.0559. The molecule has 0 spiro atoms. The van der Waals surface area contributed by atoms with Gasteiger partial charge in [-0.3, -0.25) is 9.48 Å². The van der Waals surface area contributed by atoms with Crippen LogP contribution in [0.15, 0.2) is 36.4 Å². The summed E-state index contributed by atoms with van der Waals surface area (Å²) in [6.07, 6.45) is 0.873. The summed E-state index contributed by atoms with van der Waals surface area (Å²) in [4.78, 5) is 12.4. The summed E-state index contributed by atoms with van der Waals surface area (Å²) in [5.41, 5.74) is 2.81. The summed E-state index contributed by atoms with van der Waals surface area (Å²) >= 11 is 0. The molecular formula is C19H28N4O. The number of hydrogen-bond donors (Lipinski definition) is 2. The fraction of sp³-hybridized carbons (Fsp3) is 0.474. The highest BCUT2D eigenvalue weighted by Gasteiger charge is 2.18. The van der Waals surface area contributed by atoms with Crippen molar-refractivity contribution in [2.75, 3.05) is 13.6 Å². The molecule has 2 aromatic rings. The van der Waals surface area contributed by atoms with Crippen LogP contribution in [0.2, 0.25) is 0 Å². The lowest BCUT2D eigenvalue weighted by atomic mass is 9.91. The van der Waals surface area contributed by atoms with E-state index >= 15 is 0 Å². The first-order valence-corrected chi connectivity index (χ1v) is 8.61. The van der Waals surface area contributed by atoms with Gasteiger partial charge in [-0.25, -0.2) is 0 Å². The molecule has 2 rings (SSSR count). The van der Waals surface area contributed by atoms with E-state index in [-0.39, 0.29) is 5.91 Å². The van der Waals surface area contributed by atoms with Crippen LogP contribution in [0.1, 0.15) is 47.9 Å². The molecule has 0 aliphatic rings. The molecule has 24 heavy (non-hydrogen) atoms.